The van der Waals surface area contributed by atoms with E-state index < -0.39 is 6.10 Å². The highest BCUT2D eigenvalue weighted by Crippen LogP contribution is 2.42. The fourth-order valence-electron chi connectivity index (χ4n) is 4.52. The molecule has 1 aromatic heterocycles. The van der Waals surface area contributed by atoms with E-state index >= 15 is 0 Å². The maximum absolute atomic E-state index is 11.6. The predicted octanol–water partition coefficient (Wildman–Crippen LogP) is 7.21. The molecular weight excluding hydrogens is 418 g/mol. The van der Waals surface area contributed by atoms with E-state index in [-0.39, 0.29) is 5.97 Å². The van der Waals surface area contributed by atoms with E-state index in [1.54, 1.807) is 0 Å². The van der Waals surface area contributed by atoms with Crippen molar-refractivity contribution in [3.8, 4) is 0 Å². The van der Waals surface area contributed by atoms with Gasteiger partial charge in [-0.25, -0.2) is 9.64 Å². The van der Waals surface area contributed by atoms with Crippen LogP contribution >= 0.6 is 11.3 Å². The number of allylic oxidation sites excluding steroid dienone is 2. The van der Waals surface area contributed by atoms with E-state index in [0.717, 1.165) is 74.6 Å². The fraction of sp³-hybridized carbons (Fsp3) is 0.481. The maximum atomic E-state index is 11.6. The van der Waals surface area contributed by atoms with Gasteiger partial charge in [0.2, 0.25) is 0 Å². The Morgan fingerprint density at radius 1 is 1.22 bits per heavy atom. The smallest absolute Gasteiger partial charge is 0.348 e. The fourth-order valence-corrected chi connectivity index (χ4v) is 5.48. The van der Waals surface area contributed by atoms with E-state index in [1.165, 1.54) is 28.9 Å². The van der Waals surface area contributed by atoms with Gasteiger partial charge in [0.1, 0.15) is 4.88 Å². The zero-order chi connectivity index (χ0) is 22.9. The topological polar surface area (TPSA) is 50.9 Å². The number of nitrogens with zero attached hydrogens (tertiary/aromatic N) is 1. The molecule has 0 amide bonds. The molecule has 1 unspecified atom stereocenters. The van der Waals surface area contributed by atoms with Gasteiger partial charge in [-0.3, -0.25) is 0 Å². The number of carbonyl (C=O) groups excluding carboxylic acids is 1. The second-order valence-corrected chi connectivity index (χ2v) is 9.66. The highest BCUT2D eigenvalue weighted by Gasteiger charge is 2.27. The summed E-state index contributed by atoms with van der Waals surface area (Å²) in [6.45, 7) is 9.80. The molecule has 1 heterocycles. The molecule has 0 fully saturated rings. The number of benzene rings is 1. The van der Waals surface area contributed by atoms with Crippen molar-refractivity contribution in [3.05, 3.63) is 74.4 Å². The van der Waals surface area contributed by atoms with E-state index in [4.69, 9.17) is 11.3 Å². The van der Waals surface area contributed by atoms with Crippen molar-refractivity contribution in [1.82, 2.24) is 0 Å². The van der Waals surface area contributed by atoms with Crippen LogP contribution in [-0.4, -0.2) is 18.2 Å². The third kappa shape index (κ3) is 6.09. The lowest BCUT2D eigenvalue weighted by Crippen LogP contribution is -2.02. The summed E-state index contributed by atoms with van der Waals surface area (Å²) in [6.07, 6.45) is 8.57. The van der Waals surface area contributed by atoms with Crippen LogP contribution < -0.4 is 0 Å². The largest absolute Gasteiger partial charge is 0.465 e. The number of ether oxygens (including phenoxy) is 1. The Kier molecular flexibility index (Phi) is 9.08. The van der Waals surface area contributed by atoms with Crippen LogP contribution in [0.3, 0.4) is 0 Å². The highest BCUT2D eigenvalue weighted by molar-refractivity contribution is 7.13. The molecular formula is C27H33NO3S. The quantitative estimate of drug-likeness (QED) is 0.223. The van der Waals surface area contributed by atoms with Gasteiger partial charge in [0.15, 0.2) is 5.70 Å². The normalized spacial score (nSPS) is 16.8. The number of aliphatic hydroxyl groups excluding tert-OH is 1. The molecule has 2 atom stereocenters. The van der Waals surface area contributed by atoms with Crippen molar-refractivity contribution in [2.75, 3.05) is 7.11 Å². The average molecular weight is 452 g/mol. The Morgan fingerprint density at radius 3 is 2.69 bits per heavy atom. The first-order chi connectivity index (χ1) is 15.6. The lowest BCUT2D eigenvalue weighted by Gasteiger charge is -2.17. The second-order valence-electron chi connectivity index (χ2n) is 8.49. The molecule has 5 heteroatoms. The van der Waals surface area contributed by atoms with Gasteiger partial charge in [-0.15, -0.1) is 11.3 Å². The molecule has 170 valence electrons. The maximum Gasteiger partial charge on any atom is 0.348 e. The lowest BCUT2D eigenvalue weighted by atomic mass is 9.89. The highest BCUT2D eigenvalue weighted by atomic mass is 32.1. The Bertz CT molecular complexity index is 968. The number of methoxy groups -OCH3 is 1. The summed E-state index contributed by atoms with van der Waals surface area (Å²) in [4.78, 5) is 17.3. The molecule has 0 radical (unpaired) electrons. The van der Waals surface area contributed by atoms with Crippen molar-refractivity contribution >= 4 is 22.9 Å². The van der Waals surface area contributed by atoms with Crippen LogP contribution in [0.4, 0.5) is 0 Å². The molecule has 4 nitrogen and oxygen atoms in total. The van der Waals surface area contributed by atoms with Gasteiger partial charge < -0.3 is 9.84 Å². The first-order valence-electron chi connectivity index (χ1n) is 11.6. The molecule has 0 spiro atoms. The molecule has 2 aromatic rings. The van der Waals surface area contributed by atoms with Crippen LogP contribution in [-0.2, 0) is 11.2 Å². The zero-order valence-electron chi connectivity index (χ0n) is 19.1. The number of aliphatic hydroxyl groups is 1. The summed E-state index contributed by atoms with van der Waals surface area (Å²) in [6, 6.07) is 12.1. The van der Waals surface area contributed by atoms with Crippen LogP contribution in [0.15, 0.2) is 42.1 Å². The molecule has 3 rings (SSSR count). The Hall–Kier alpha value is -2.42. The monoisotopic (exact) mass is 451 g/mol. The summed E-state index contributed by atoms with van der Waals surface area (Å²) >= 11 is 1.50. The van der Waals surface area contributed by atoms with Crippen LogP contribution in [0.2, 0.25) is 0 Å². The third-order valence-electron chi connectivity index (χ3n) is 6.30. The SMILES string of the molecule is [C-]#[N+]C1=C(c2ccc(C(O)CCCCC)cc2)[C@@H](CCCc2ccc(C(=O)OC)s2)CC1. The van der Waals surface area contributed by atoms with Gasteiger partial charge in [-0.2, -0.15) is 0 Å². The van der Waals surface area contributed by atoms with Gasteiger partial charge >= 0.3 is 5.97 Å². The standard InChI is InChI=1S/C27H33NO3S/c1-4-5-6-10-24(29)19-11-13-21(14-12-19)26-20(15-17-23(26)28-2)8-7-9-22-16-18-25(32-22)27(30)31-3/h11-14,16,18,20,24,29H,4-10,15,17H2,1,3H3/t20-,24?/m0/s1. The van der Waals surface area contributed by atoms with Crippen molar-refractivity contribution in [3.63, 3.8) is 0 Å². The van der Waals surface area contributed by atoms with Crippen LogP contribution in [0, 0.1) is 12.5 Å². The van der Waals surface area contributed by atoms with E-state index in [9.17, 15) is 9.90 Å². The molecule has 0 saturated heterocycles. The molecule has 0 bridgehead atoms. The number of rotatable bonds is 11. The summed E-state index contributed by atoms with van der Waals surface area (Å²) in [5.41, 5.74) is 4.15. The van der Waals surface area contributed by atoms with Crippen LogP contribution in [0.25, 0.3) is 10.4 Å². The second kappa shape index (κ2) is 12.0. The van der Waals surface area contributed by atoms with Crippen LogP contribution in [0.5, 0.6) is 0 Å². The molecule has 1 N–H and O–H groups in total. The van der Waals surface area contributed by atoms with E-state index in [2.05, 4.69) is 23.9 Å². The molecule has 1 aromatic carbocycles. The number of aryl methyl sites for hydroxylation is 1. The number of thiophene rings is 1. The first-order valence-corrected chi connectivity index (χ1v) is 12.4. The minimum Gasteiger partial charge on any atom is -0.465 e. The average Bonchev–Trinajstić information content (AvgIpc) is 3.46. The van der Waals surface area contributed by atoms with Gasteiger partial charge in [-0.1, -0.05) is 56.9 Å². The minimum absolute atomic E-state index is 0.275. The summed E-state index contributed by atoms with van der Waals surface area (Å²) < 4.78 is 4.79. The summed E-state index contributed by atoms with van der Waals surface area (Å²) in [5.74, 6) is 0.113. The molecule has 1 aliphatic carbocycles. The van der Waals surface area contributed by atoms with Gasteiger partial charge in [-0.05, 0) is 66.9 Å². The van der Waals surface area contributed by atoms with Crippen LogP contribution in [0.1, 0.15) is 90.1 Å². The Morgan fingerprint density at radius 2 is 2.00 bits per heavy atom. The first kappa shape index (κ1) is 24.2. The third-order valence-corrected chi connectivity index (χ3v) is 7.42. The summed E-state index contributed by atoms with van der Waals surface area (Å²) in [5, 5.41) is 10.4. The summed E-state index contributed by atoms with van der Waals surface area (Å²) in [7, 11) is 1.41. The lowest BCUT2D eigenvalue weighted by molar-refractivity contribution is 0.0606. The number of unbranched alkanes of at least 4 members (excludes halogenated alkanes) is 2. The van der Waals surface area contributed by atoms with Gasteiger partial charge in [0.25, 0.3) is 0 Å². The zero-order valence-corrected chi connectivity index (χ0v) is 19.9. The van der Waals surface area contributed by atoms with Crippen molar-refractivity contribution in [2.45, 2.75) is 70.8 Å². The van der Waals surface area contributed by atoms with Crippen molar-refractivity contribution in [2.24, 2.45) is 5.92 Å². The Labute approximate surface area is 195 Å². The van der Waals surface area contributed by atoms with E-state index in [1.807, 2.05) is 24.3 Å². The predicted molar refractivity (Wildman–Crippen MR) is 130 cm³/mol. The number of carbonyl (C=O) groups is 1. The van der Waals surface area contributed by atoms with Crippen molar-refractivity contribution < 1.29 is 14.6 Å². The molecule has 0 saturated carbocycles. The van der Waals surface area contributed by atoms with Gasteiger partial charge in [0.05, 0.1) is 19.8 Å². The van der Waals surface area contributed by atoms with Gasteiger partial charge in [0, 0.05) is 4.88 Å². The molecule has 1 aliphatic rings. The number of hydrogen-bond donors (Lipinski definition) is 1. The molecule has 0 aliphatic heterocycles. The number of esters is 1. The van der Waals surface area contributed by atoms with Crippen molar-refractivity contribution in [1.29, 1.82) is 0 Å². The number of hydrogen-bond acceptors (Lipinski definition) is 4. The minimum atomic E-state index is -0.412. The Balaban J connectivity index is 1.62. The molecule has 32 heavy (non-hydrogen) atoms. The van der Waals surface area contributed by atoms with E-state index in [0.29, 0.717) is 10.8 Å².